The molecule has 2 heterocycles. The van der Waals surface area contributed by atoms with Crippen molar-refractivity contribution in [2.24, 2.45) is 0 Å². The van der Waals surface area contributed by atoms with E-state index in [-0.39, 0.29) is 5.69 Å². The van der Waals surface area contributed by atoms with E-state index < -0.39 is 11.0 Å². The van der Waals surface area contributed by atoms with Crippen LogP contribution in [0.25, 0.3) is 0 Å². The van der Waals surface area contributed by atoms with Gasteiger partial charge in [-0.25, -0.2) is 4.98 Å². The Morgan fingerprint density at radius 2 is 2.22 bits per heavy atom. The molecule has 2 N–H and O–H groups in total. The largest absolute Gasteiger partial charge is 0.389 e. The third-order valence-electron chi connectivity index (χ3n) is 4.02. The number of ether oxygens (including phenoxy) is 1. The van der Waals surface area contributed by atoms with Crippen LogP contribution in [0, 0.1) is 17.0 Å². The molecular formula is C15H24N4O4. The number of β-amino-alcohol motifs (C(OH)–C–C–N with tert-alkyl or cyclic N) is 1. The Morgan fingerprint density at radius 1 is 1.52 bits per heavy atom. The van der Waals surface area contributed by atoms with Crippen LogP contribution in [0.4, 0.5) is 11.5 Å². The van der Waals surface area contributed by atoms with Crippen LogP contribution in [0.2, 0.25) is 0 Å². The molecule has 1 aromatic heterocycles. The Bertz CT molecular complexity index is 532. The molecule has 1 aromatic rings. The molecule has 0 aromatic carbocycles. The van der Waals surface area contributed by atoms with E-state index in [2.05, 4.69) is 15.2 Å². The summed E-state index contributed by atoms with van der Waals surface area (Å²) in [5, 5.41) is 23.9. The van der Waals surface area contributed by atoms with Gasteiger partial charge in [-0.3, -0.25) is 10.1 Å². The van der Waals surface area contributed by atoms with Gasteiger partial charge in [0, 0.05) is 38.9 Å². The number of aliphatic hydroxyl groups excluding tert-OH is 1. The van der Waals surface area contributed by atoms with Gasteiger partial charge in [-0.2, -0.15) is 0 Å². The minimum absolute atomic E-state index is 0.0394. The molecule has 0 amide bonds. The van der Waals surface area contributed by atoms with E-state index in [9.17, 15) is 15.2 Å². The highest BCUT2D eigenvalue weighted by Crippen LogP contribution is 2.20. The van der Waals surface area contributed by atoms with Crippen molar-refractivity contribution >= 4 is 11.5 Å². The quantitative estimate of drug-likeness (QED) is 0.574. The van der Waals surface area contributed by atoms with Crippen LogP contribution in [-0.4, -0.2) is 65.4 Å². The van der Waals surface area contributed by atoms with Gasteiger partial charge < -0.3 is 20.1 Å². The molecule has 0 radical (unpaired) electrons. The van der Waals surface area contributed by atoms with Crippen molar-refractivity contribution in [3.8, 4) is 0 Å². The molecule has 128 valence electrons. The van der Waals surface area contributed by atoms with E-state index in [1.807, 2.05) is 0 Å². The normalized spacial score (nSPS) is 17.9. The van der Waals surface area contributed by atoms with Crippen LogP contribution in [0.1, 0.15) is 18.5 Å². The highest BCUT2D eigenvalue weighted by atomic mass is 16.6. The lowest BCUT2D eigenvalue weighted by Crippen LogP contribution is -2.43. The Labute approximate surface area is 135 Å². The number of likely N-dealkylation sites (tertiary alicyclic amines) is 1. The van der Waals surface area contributed by atoms with Crippen LogP contribution < -0.4 is 5.32 Å². The number of rotatable bonds is 7. The summed E-state index contributed by atoms with van der Waals surface area (Å²) in [4.78, 5) is 16.9. The van der Waals surface area contributed by atoms with Crippen molar-refractivity contribution < 1.29 is 14.8 Å². The zero-order valence-electron chi connectivity index (χ0n) is 13.6. The first-order chi connectivity index (χ1) is 11.0. The maximum Gasteiger partial charge on any atom is 0.290 e. The summed E-state index contributed by atoms with van der Waals surface area (Å²) < 4.78 is 4.94. The van der Waals surface area contributed by atoms with Crippen molar-refractivity contribution in [1.29, 1.82) is 0 Å². The Kier molecular flexibility index (Phi) is 6.26. The number of nitrogens with zero attached hydrogens (tertiary/aromatic N) is 3. The van der Waals surface area contributed by atoms with Gasteiger partial charge in [0.15, 0.2) is 0 Å². The second-order valence-corrected chi connectivity index (χ2v) is 5.89. The lowest BCUT2D eigenvalue weighted by Gasteiger charge is -2.33. The zero-order chi connectivity index (χ0) is 16.8. The maximum absolute atomic E-state index is 10.8. The molecule has 0 bridgehead atoms. The first kappa shape index (κ1) is 17.6. The SMILES string of the molecule is COCC(O)CN1CCC(Nc2ccc([N+](=O)[O-])c(C)n2)CC1. The topological polar surface area (TPSA) is 101 Å². The number of hydrogen-bond acceptors (Lipinski definition) is 7. The second-order valence-electron chi connectivity index (χ2n) is 5.89. The molecular weight excluding hydrogens is 300 g/mol. The van der Waals surface area contributed by atoms with Crippen molar-refractivity contribution in [3.05, 3.63) is 27.9 Å². The van der Waals surface area contributed by atoms with Gasteiger partial charge in [0.05, 0.1) is 17.6 Å². The Hall–Kier alpha value is -1.77. The van der Waals surface area contributed by atoms with E-state index in [1.54, 1.807) is 20.1 Å². The molecule has 8 heteroatoms. The number of methoxy groups -OCH3 is 1. The van der Waals surface area contributed by atoms with Gasteiger partial charge in [-0.15, -0.1) is 0 Å². The lowest BCUT2D eigenvalue weighted by molar-refractivity contribution is -0.385. The van der Waals surface area contributed by atoms with Gasteiger partial charge in [0.25, 0.3) is 5.69 Å². The minimum Gasteiger partial charge on any atom is -0.389 e. The summed E-state index contributed by atoms with van der Waals surface area (Å²) in [6, 6.07) is 3.43. The van der Waals surface area contributed by atoms with Gasteiger partial charge in [0.1, 0.15) is 11.5 Å². The Morgan fingerprint density at radius 3 is 2.78 bits per heavy atom. The van der Waals surface area contributed by atoms with Crippen molar-refractivity contribution in [2.75, 3.05) is 38.7 Å². The average Bonchev–Trinajstić information content (AvgIpc) is 2.49. The smallest absolute Gasteiger partial charge is 0.290 e. The number of aliphatic hydroxyl groups is 1. The molecule has 23 heavy (non-hydrogen) atoms. The van der Waals surface area contributed by atoms with Crippen molar-refractivity contribution in [2.45, 2.75) is 31.9 Å². The number of nitrogens with one attached hydrogen (secondary N) is 1. The standard InChI is InChI=1S/C15H24N4O4/c1-11-14(19(21)22)3-4-15(16-11)17-12-5-7-18(8-6-12)9-13(20)10-23-2/h3-4,12-13,20H,5-10H2,1-2H3,(H,16,17). The molecule has 0 saturated carbocycles. The van der Waals surface area contributed by atoms with Crippen LogP contribution in [-0.2, 0) is 4.74 Å². The van der Waals surface area contributed by atoms with Gasteiger partial charge >= 0.3 is 0 Å². The molecule has 1 aliphatic rings. The first-order valence-electron chi connectivity index (χ1n) is 7.77. The molecule has 8 nitrogen and oxygen atoms in total. The van der Waals surface area contributed by atoms with Crippen molar-refractivity contribution in [3.63, 3.8) is 0 Å². The summed E-state index contributed by atoms with van der Waals surface area (Å²) >= 11 is 0. The summed E-state index contributed by atoms with van der Waals surface area (Å²) in [7, 11) is 1.58. The lowest BCUT2D eigenvalue weighted by atomic mass is 10.0. The maximum atomic E-state index is 10.8. The predicted octanol–water partition coefficient (Wildman–Crippen LogP) is 1.18. The minimum atomic E-state index is -0.455. The summed E-state index contributed by atoms with van der Waals surface area (Å²) in [6.45, 7) is 4.40. The highest BCUT2D eigenvalue weighted by Gasteiger charge is 2.21. The molecule has 0 spiro atoms. The van der Waals surface area contributed by atoms with E-state index in [0.717, 1.165) is 25.9 Å². The third kappa shape index (κ3) is 5.12. The fourth-order valence-electron chi connectivity index (χ4n) is 2.84. The molecule has 1 atom stereocenters. The number of nitro groups is 1. The fourth-order valence-corrected chi connectivity index (χ4v) is 2.84. The van der Waals surface area contributed by atoms with Crippen LogP contribution in [0.3, 0.4) is 0 Å². The van der Waals surface area contributed by atoms with Crippen LogP contribution >= 0.6 is 0 Å². The van der Waals surface area contributed by atoms with Gasteiger partial charge in [-0.1, -0.05) is 0 Å². The van der Waals surface area contributed by atoms with Crippen molar-refractivity contribution in [1.82, 2.24) is 9.88 Å². The molecule has 1 aliphatic heterocycles. The zero-order valence-corrected chi connectivity index (χ0v) is 13.6. The van der Waals surface area contributed by atoms with Gasteiger partial charge in [-0.05, 0) is 25.8 Å². The summed E-state index contributed by atoms with van der Waals surface area (Å²) in [5.74, 6) is 0.672. The number of piperidine rings is 1. The Balaban J connectivity index is 1.82. The predicted molar refractivity (Wildman–Crippen MR) is 86.6 cm³/mol. The highest BCUT2D eigenvalue weighted by molar-refractivity contribution is 5.45. The molecule has 1 fully saturated rings. The molecule has 1 unspecified atom stereocenters. The van der Waals surface area contributed by atoms with Gasteiger partial charge in [0.2, 0.25) is 0 Å². The third-order valence-corrected chi connectivity index (χ3v) is 4.02. The molecule has 1 saturated heterocycles. The molecule has 2 rings (SSSR count). The van der Waals surface area contributed by atoms with Crippen LogP contribution in [0.5, 0.6) is 0 Å². The number of anilines is 1. The van der Waals surface area contributed by atoms with E-state index >= 15 is 0 Å². The monoisotopic (exact) mass is 324 g/mol. The first-order valence-corrected chi connectivity index (χ1v) is 7.77. The number of hydrogen-bond donors (Lipinski definition) is 2. The number of aryl methyl sites for hydroxylation is 1. The molecule has 0 aliphatic carbocycles. The van der Waals surface area contributed by atoms with E-state index in [0.29, 0.717) is 30.7 Å². The summed E-state index contributed by atoms with van der Waals surface area (Å²) in [5.41, 5.74) is 0.456. The van der Waals surface area contributed by atoms with Crippen LogP contribution in [0.15, 0.2) is 12.1 Å². The van der Waals surface area contributed by atoms with E-state index in [4.69, 9.17) is 4.74 Å². The summed E-state index contributed by atoms with van der Waals surface area (Å²) in [6.07, 6.45) is 1.43. The fraction of sp³-hybridized carbons (Fsp3) is 0.667. The average molecular weight is 324 g/mol. The number of aromatic nitrogens is 1. The number of pyridine rings is 1. The van der Waals surface area contributed by atoms with E-state index in [1.165, 1.54) is 6.07 Å². The second kappa shape index (κ2) is 8.19.